The van der Waals surface area contributed by atoms with Crippen molar-refractivity contribution < 1.29 is 0 Å². The van der Waals surface area contributed by atoms with E-state index in [9.17, 15) is 0 Å². The van der Waals surface area contributed by atoms with Crippen LogP contribution in [0.1, 0.15) is 22.9 Å². The van der Waals surface area contributed by atoms with Crippen LogP contribution in [0, 0.1) is 6.92 Å². The molecule has 1 aromatic carbocycles. The van der Waals surface area contributed by atoms with E-state index < -0.39 is 0 Å². The molecule has 1 unspecified atom stereocenters. The van der Waals surface area contributed by atoms with Crippen molar-refractivity contribution in [3.63, 3.8) is 0 Å². The molecule has 0 radical (unpaired) electrons. The summed E-state index contributed by atoms with van der Waals surface area (Å²) in [6.07, 6.45) is 0. The lowest BCUT2D eigenvalue weighted by Gasteiger charge is -2.00. The maximum atomic E-state index is 5.97. The Hall–Kier alpha value is -0.450. The third kappa shape index (κ3) is 2.44. The van der Waals surface area contributed by atoms with E-state index in [4.69, 9.17) is 11.6 Å². The Kier molecular flexibility index (Phi) is 3.62. The quantitative estimate of drug-likeness (QED) is 0.758. The van der Waals surface area contributed by atoms with E-state index in [1.807, 2.05) is 13.0 Å². The lowest BCUT2D eigenvalue weighted by atomic mass is 10.2. The molecule has 1 atom stereocenters. The molecule has 5 heteroatoms. The van der Waals surface area contributed by atoms with Gasteiger partial charge in [-0.05, 0) is 25.5 Å². The lowest BCUT2D eigenvalue weighted by molar-refractivity contribution is 0.962. The standard InChI is InChI=1S/C11H10BrClN2S/c1-6-3-4-8(9(12)5-6)11-15-14-10(16-11)7(2)13/h3-5,7H,1-2H3. The summed E-state index contributed by atoms with van der Waals surface area (Å²) >= 11 is 11.0. The Morgan fingerprint density at radius 1 is 1.38 bits per heavy atom. The monoisotopic (exact) mass is 316 g/mol. The molecule has 0 saturated carbocycles. The van der Waals surface area contributed by atoms with E-state index in [-0.39, 0.29) is 5.38 Å². The highest BCUT2D eigenvalue weighted by Gasteiger charge is 2.12. The van der Waals surface area contributed by atoms with Crippen LogP contribution in [0.5, 0.6) is 0 Å². The molecular formula is C11H10BrClN2S. The third-order valence-electron chi connectivity index (χ3n) is 2.14. The van der Waals surface area contributed by atoms with Crippen LogP contribution in [0.4, 0.5) is 0 Å². The SMILES string of the molecule is Cc1ccc(-c2nnc(C(C)Cl)s2)c(Br)c1. The summed E-state index contributed by atoms with van der Waals surface area (Å²) in [7, 11) is 0. The normalized spacial score (nSPS) is 12.8. The highest BCUT2D eigenvalue weighted by Crippen LogP contribution is 2.33. The van der Waals surface area contributed by atoms with Crippen molar-refractivity contribution in [1.82, 2.24) is 10.2 Å². The van der Waals surface area contributed by atoms with Crippen LogP contribution >= 0.6 is 38.9 Å². The van der Waals surface area contributed by atoms with Crippen molar-refractivity contribution in [2.75, 3.05) is 0 Å². The first kappa shape index (κ1) is 12.0. The summed E-state index contributed by atoms with van der Waals surface area (Å²) in [5, 5.41) is 9.88. The van der Waals surface area contributed by atoms with Crippen LogP contribution in [-0.4, -0.2) is 10.2 Å². The third-order valence-corrected chi connectivity index (χ3v) is 4.27. The smallest absolute Gasteiger partial charge is 0.142 e. The van der Waals surface area contributed by atoms with Crippen molar-refractivity contribution >= 4 is 38.9 Å². The number of nitrogens with zero attached hydrogens (tertiary/aromatic N) is 2. The van der Waals surface area contributed by atoms with Gasteiger partial charge in [0, 0.05) is 10.0 Å². The zero-order chi connectivity index (χ0) is 11.7. The van der Waals surface area contributed by atoms with E-state index >= 15 is 0 Å². The molecule has 0 bridgehead atoms. The summed E-state index contributed by atoms with van der Waals surface area (Å²) in [5.74, 6) is 0. The van der Waals surface area contributed by atoms with Crippen LogP contribution in [-0.2, 0) is 0 Å². The second-order valence-corrected chi connectivity index (χ2v) is 6.06. The summed E-state index contributed by atoms with van der Waals surface area (Å²) in [4.78, 5) is 0. The molecule has 0 spiro atoms. The molecule has 0 fully saturated rings. The van der Waals surface area contributed by atoms with Crippen LogP contribution in [0.15, 0.2) is 22.7 Å². The summed E-state index contributed by atoms with van der Waals surface area (Å²) < 4.78 is 1.04. The van der Waals surface area contributed by atoms with Crippen LogP contribution in [0.3, 0.4) is 0 Å². The number of hydrogen-bond donors (Lipinski definition) is 0. The summed E-state index contributed by atoms with van der Waals surface area (Å²) in [5.41, 5.74) is 2.28. The largest absolute Gasteiger partial charge is 0.148 e. The predicted molar refractivity (Wildman–Crippen MR) is 72.1 cm³/mol. The number of halogens is 2. The van der Waals surface area contributed by atoms with Gasteiger partial charge in [-0.25, -0.2) is 0 Å². The average Bonchev–Trinajstić information content (AvgIpc) is 2.66. The number of benzene rings is 1. The van der Waals surface area contributed by atoms with Gasteiger partial charge in [0.05, 0.1) is 5.38 Å². The lowest BCUT2D eigenvalue weighted by Crippen LogP contribution is -1.81. The number of aromatic nitrogens is 2. The molecular weight excluding hydrogens is 308 g/mol. The Morgan fingerprint density at radius 3 is 2.69 bits per heavy atom. The van der Waals surface area contributed by atoms with E-state index in [0.717, 1.165) is 20.1 Å². The highest BCUT2D eigenvalue weighted by atomic mass is 79.9. The maximum Gasteiger partial charge on any atom is 0.148 e. The molecule has 0 saturated heterocycles. The Bertz CT molecular complexity index is 510. The van der Waals surface area contributed by atoms with Gasteiger partial charge in [-0.15, -0.1) is 21.8 Å². The second-order valence-electron chi connectivity index (χ2n) is 3.54. The average molecular weight is 318 g/mol. The summed E-state index contributed by atoms with van der Waals surface area (Å²) in [6.45, 7) is 3.96. The van der Waals surface area contributed by atoms with Gasteiger partial charge in [-0.3, -0.25) is 0 Å². The van der Waals surface area contributed by atoms with Gasteiger partial charge in [0.25, 0.3) is 0 Å². The minimum Gasteiger partial charge on any atom is -0.142 e. The van der Waals surface area contributed by atoms with Gasteiger partial charge in [-0.2, -0.15) is 0 Å². The van der Waals surface area contributed by atoms with E-state index in [1.54, 1.807) is 0 Å². The molecule has 84 valence electrons. The molecule has 2 rings (SSSR count). The molecule has 0 aliphatic rings. The van der Waals surface area contributed by atoms with Gasteiger partial charge >= 0.3 is 0 Å². The fourth-order valence-electron chi connectivity index (χ4n) is 1.30. The molecule has 0 amide bonds. The first-order chi connectivity index (χ1) is 7.58. The predicted octanol–water partition coefficient (Wildman–Crippen LogP) is 4.58. The second kappa shape index (κ2) is 4.82. The van der Waals surface area contributed by atoms with Crippen molar-refractivity contribution in [2.45, 2.75) is 19.2 Å². The zero-order valence-corrected chi connectivity index (χ0v) is 12.0. The van der Waals surface area contributed by atoms with Crippen molar-refractivity contribution in [3.8, 4) is 10.6 Å². The highest BCUT2D eigenvalue weighted by molar-refractivity contribution is 9.10. The van der Waals surface area contributed by atoms with Crippen LogP contribution in [0.25, 0.3) is 10.6 Å². The summed E-state index contributed by atoms with van der Waals surface area (Å²) in [6, 6.07) is 6.18. The molecule has 1 heterocycles. The number of rotatable bonds is 2. The first-order valence-corrected chi connectivity index (χ1v) is 6.86. The number of hydrogen-bond acceptors (Lipinski definition) is 3. The maximum absolute atomic E-state index is 5.97. The molecule has 2 aromatic rings. The Labute approximate surface area is 112 Å². The van der Waals surface area contributed by atoms with Crippen molar-refractivity contribution in [2.24, 2.45) is 0 Å². The topological polar surface area (TPSA) is 25.8 Å². The van der Waals surface area contributed by atoms with Crippen molar-refractivity contribution in [1.29, 1.82) is 0 Å². The van der Waals surface area contributed by atoms with E-state index in [0.29, 0.717) is 0 Å². The molecule has 0 N–H and O–H groups in total. The van der Waals surface area contributed by atoms with Gasteiger partial charge in [0.15, 0.2) is 0 Å². The minimum atomic E-state index is -0.0875. The minimum absolute atomic E-state index is 0.0875. The van der Waals surface area contributed by atoms with Gasteiger partial charge in [0.2, 0.25) is 0 Å². The van der Waals surface area contributed by atoms with Crippen LogP contribution < -0.4 is 0 Å². The van der Waals surface area contributed by atoms with Crippen molar-refractivity contribution in [3.05, 3.63) is 33.2 Å². The molecule has 0 aliphatic heterocycles. The molecule has 2 nitrogen and oxygen atoms in total. The fraction of sp³-hybridized carbons (Fsp3) is 0.273. The Morgan fingerprint density at radius 2 is 2.12 bits per heavy atom. The first-order valence-electron chi connectivity index (χ1n) is 4.82. The fourth-order valence-corrected chi connectivity index (χ4v) is 3.10. The van der Waals surface area contributed by atoms with Gasteiger partial charge < -0.3 is 0 Å². The molecule has 1 aromatic heterocycles. The van der Waals surface area contributed by atoms with Gasteiger partial charge in [-0.1, -0.05) is 39.4 Å². The van der Waals surface area contributed by atoms with Crippen LogP contribution in [0.2, 0.25) is 0 Å². The van der Waals surface area contributed by atoms with E-state index in [1.165, 1.54) is 16.9 Å². The molecule has 0 aliphatic carbocycles. The zero-order valence-electron chi connectivity index (χ0n) is 8.87. The number of alkyl halides is 1. The number of aryl methyl sites for hydroxylation is 1. The molecule has 16 heavy (non-hydrogen) atoms. The van der Waals surface area contributed by atoms with E-state index in [2.05, 4.69) is 45.2 Å². The Balaban J connectivity index is 2.42. The van der Waals surface area contributed by atoms with Gasteiger partial charge in [0.1, 0.15) is 10.0 Å².